The van der Waals surface area contributed by atoms with Gasteiger partial charge in [0.1, 0.15) is 22.8 Å². The van der Waals surface area contributed by atoms with Gasteiger partial charge in [-0.3, -0.25) is 9.59 Å². The molecule has 0 spiro atoms. The van der Waals surface area contributed by atoms with Crippen LogP contribution in [0.3, 0.4) is 0 Å². The first-order chi connectivity index (χ1) is 19.0. The van der Waals surface area contributed by atoms with E-state index >= 15 is 0 Å². The molecule has 2 atom stereocenters. The quantitative estimate of drug-likeness (QED) is 0.541. The summed E-state index contributed by atoms with van der Waals surface area (Å²) in [7, 11) is 1.64. The number of nitrogens with one attached hydrogen (secondary N) is 1. The normalized spacial score (nSPS) is 19.3. The molecule has 210 valence electrons. The molecule has 40 heavy (non-hydrogen) atoms. The Labute approximate surface area is 234 Å². The van der Waals surface area contributed by atoms with Crippen molar-refractivity contribution in [2.24, 2.45) is 10.5 Å². The second-order valence-corrected chi connectivity index (χ2v) is 11.1. The van der Waals surface area contributed by atoms with Crippen LogP contribution in [-0.2, 0) is 20.7 Å². The van der Waals surface area contributed by atoms with Gasteiger partial charge in [0.15, 0.2) is 0 Å². The van der Waals surface area contributed by atoms with Gasteiger partial charge in [-0.15, -0.1) is 0 Å². The lowest BCUT2D eigenvalue weighted by molar-refractivity contribution is -0.141. The van der Waals surface area contributed by atoms with Gasteiger partial charge < -0.3 is 19.7 Å². The molecule has 0 unspecified atom stereocenters. The smallest absolute Gasteiger partial charge is 0.408 e. The summed E-state index contributed by atoms with van der Waals surface area (Å²) in [6.45, 7) is 5.87. The molecule has 2 aromatic rings. The number of hydrogen-bond donors (Lipinski definition) is 1. The van der Waals surface area contributed by atoms with Crippen molar-refractivity contribution in [1.82, 2.24) is 15.2 Å². The minimum atomic E-state index is -0.964. The molecule has 1 N–H and O–H groups in total. The summed E-state index contributed by atoms with van der Waals surface area (Å²) in [6.07, 6.45) is 0.312. The van der Waals surface area contributed by atoms with Crippen LogP contribution in [0.5, 0.6) is 5.75 Å². The van der Waals surface area contributed by atoms with Crippen molar-refractivity contribution in [3.05, 3.63) is 65.7 Å². The molecule has 0 aromatic heterocycles. The zero-order chi connectivity index (χ0) is 28.9. The predicted octanol–water partition coefficient (Wildman–Crippen LogP) is 3.51. The maximum atomic E-state index is 13.9. The highest BCUT2D eigenvalue weighted by Crippen LogP contribution is 2.38. The molecule has 1 fully saturated rings. The van der Waals surface area contributed by atoms with Crippen molar-refractivity contribution in [2.45, 2.75) is 51.7 Å². The number of amides is 3. The first-order valence-electron chi connectivity index (χ1n) is 13.3. The number of piperidine rings is 1. The molecule has 2 aromatic carbocycles. The first-order valence-corrected chi connectivity index (χ1v) is 13.3. The van der Waals surface area contributed by atoms with Crippen LogP contribution < -0.4 is 10.1 Å². The Hall–Kier alpha value is -4.39. The largest absolute Gasteiger partial charge is 0.493 e. The number of nitrogens with zero attached hydrogens (tertiary/aromatic N) is 4. The molecular formula is C30H35N5O5. The Kier molecular flexibility index (Phi) is 8.43. The molecule has 4 rings (SSSR count). The number of hydrogen-bond acceptors (Lipinski definition) is 7. The van der Waals surface area contributed by atoms with Gasteiger partial charge in [0, 0.05) is 33.0 Å². The number of likely N-dealkylation sites (tertiary alicyclic amines) is 1. The van der Waals surface area contributed by atoms with E-state index in [2.05, 4.69) is 16.5 Å². The second-order valence-electron chi connectivity index (χ2n) is 11.1. The van der Waals surface area contributed by atoms with E-state index in [4.69, 9.17) is 14.7 Å². The van der Waals surface area contributed by atoms with Crippen molar-refractivity contribution in [3.63, 3.8) is 0 Å². The van der Waals surface area contributed by atoms with E-state index in [-0.39, 0.29) is 31.4 Å². The van der Waals surface area contributed by atoms with Crippen LogP contribution in [0.15, 0.2) is 59.7 Å². The first kappa shape index (κ1) is 28.6. The highest BCUT2D eigenvalue weighted by atomic mass is 16.6. The van der Waals surface area contributed by atoms with E-state index in [1.54, 1.807) is 57.0 Å². The zero-order valence-electron chi connectivity index (χ0n) is 23.3. The van der Waals surface area contributed by atoms with Crippen molar-refractivity contribution in [3.8, 4) is 11.8 Å². The SMILES string of the molecule is CN1N=C2CCN(C(=O)[C@@H](CCOc3cccc(C#N)c3)NC(=O)OC(C)(C)C)C[C@@]2(Cc2ccccc2)C1=O. The van der Waals surface area contributed by atoms with Crippen molar-refractivity contribution in [1.29, 1.82) is 5.26 Å². The summed E-state index contributed by atoms with van der Waals surface area (Å²) in [5, 5.41) is 17.7. The van der Waals surface area contributed by atoms with Gasteiger partial charge in [-0.25, -0.2) is 9.80 Å². The van der Waals surface area contributed by atoms with Crippen LogP contribution in [0.25, 0.3) is 0 Å². The summed E-state index contributed by atoms with van der Waals surface area (Å²) in [4.78, 5) is 41.7. The minimum Gasteiger partial charge on any atom is -0.493 e. The maximum absolute atomic E-state index is 13.9. The molecule has 0 aliphatic carbocycles. The third-order valence-corrected chi connectivity index (χ3v) is 6.89. The summed E-state index contributed by atoms with van der Waals surface area (Å²) in [5.41, 5.74) is 0.491. The van der Waals surface area contributed by atoms with E-state index in [1.165, 1.54) is 5.01 Å². The van der Waals surface area contributed by atoms with Crippen LogP contribution in [0, 0.1) is 16.7 Å². The molecule has 2 heterocycles. The lowest BCUT2D eigenvalue weighted by Crippen LogP contribution is -2.59. The molecular weight excluding hydrogens is 510 g/mol. The number of carbonyl (C=O) groups is 3. The average molecular weight is 546 g/mol. The van der Waals surface area contributed by atoms with Gasteiger partial charge in [0.25, 0.3) is 5.91 Å². The number of ether oxygens (including phenoxy) is 2. The summed E-state index contributed by atoms with van der Waals surface area (Å²) in [6, 6.07) is 17.5. The average Bonchev–Trinajstić information content (AvgIpc) is 3.16. The van der Waals surface area contributed by atoms with Crippen LogP contribution in [0.4, 0.5) is 4.79 Å². The Balaban J connectivity index is 1.53. The third-order valence-electron chi connectivity index (χ3n) is 6.89. The number of carbonyl (C=O) groups excluding carboxylic acids is 3. The number of hydrazone groups is 1. The van der Waals surface area contributed by atoms with Gasteiger partial charge in [0.05, 0.1) is 24.0 Å². The second kappa shape index (κ2) is 11.8. The van der Waals surface area contributed by atoms with Gasteiger partial charge >= 0.3 is 6.09 Å². The van der Waals surface area contributed by atoms with E-state index in [0.717, 1.165) is 11.3 Å². The minimum absolute atomic E-state index is 0.110. The molecule has 0 saturated carbocycles. The molecule has 1 saturated heterocycles. The predicted molar refractivity (Wildman–Crippen MR) is 148 cm³/mol. The Morgan fingerprint density at radius 3 is 2.62 bits per heavy atom. The molecule has 2 aliphatic rings. The summed E-state index contributed by atoms with van der Waals surface area (Å²) in [5.74, 6) is 0.0121. The monoisotopic (exact) mass is 545 g/mol. The number of fused-ring (bicyclic) bond motifs is 1. The van der Waals surface area contributed by atoms with Crippen LogP contribution in [0.2, 0.25) is 0 Å². The summed E-state index contributed by atoms with van der Waals surface area (Å²) >= 11 is 0. The van der Waals surface area contributed by atoms with Crippen LogP contribution in [-0.4, -0.2) is 71.9 Å². The lowest BCUT2D eigenvalue weighted by Gasteiger charge is -2.40. The highest BCUT2D eigenvalue weighted by molar-refractivity contribution is 6.13. The Bertz CT molecular complexity index is 1330. The zero-order valence-corrected chi connectivity index (χ0v) is 23.3. The Morgan fingerprint density at radius 2 is 1.93 bits per heavy atom. The lowest BCUT2D eigenvalue weighted by atomic mass is 9.73. The highest BCUT2D eigenvalue weighted by Gasteiger charge is 2.53. The van der Waals surface area contributed by atoms with E-state index in [1.807, 2.05) is 30.3 Å². The number of benzene rings is 2. The summed E-state index contributed by atoms with van der Waals surface area (Å²) < 4.78 is 11.2. The topological polar surface area (TPSA) is 124 Å². The van der Waals surface area contributed by atoms with Crippen molar-refractivity contribution >= 4 is 23.6 Å². The number of rotatable bonds is 8. The molecule has 10 nitrogen and oxygen atoms in total. The van der Waals surface area contributed by atoms with Crippen LogP contribution in [0.1, 0.15) is 44.7 Å². The Morgan fingerprint density at radius 1 is 1.18 bits per heavy atom. The molecule has 0 radical (unpaired) electrons. The molecule has 2 aliphatic heterocycles. The van der Waals surface area contributed by atoms with E-state index in [0.29, 0.717) is 30.7 Å². The standard InChI is InChI=1S/C30H35N5O5/c1-29(2,3)40-28(38)32-24(14-16-39-23-12-8-11-22(17-23)19-31)26(36)35-15-13-25-30(20-35,27(37)34(4)33-25)18-21-9-6-5-7-10-21/h5-12,17,24H,13-16,18,20H2,1-4H3,(H,32,38)/t24-,30-/m1/s1. The number of nitriles is 1. The van der Waals surface area contributed by atoms with E-state index in [9.17, 15) is 14.4 Å². The molecule has 10 heteroatoms. The van der Waals surface area contributed by atoms with E-state index < -0.39 is 23.2 Å². The fourth-order valence-corrected chi connectivity index (χ4v) is 5.09. The maximum Gasteiger partial charge on any atom is 0.408 e. The van der Waals surface area contributed by atoms with Gasteiger partial charge in [-0.1, -0.05) is 36.4 Å². The molecule has 3 amide bonds. The van der Waals surface area contributed by atoms with Gasteiger partial charge in [-0.05, 0) is 51.0 Å². The van der Waals surface area contributed by atoms with Gasteiger partial charge in [0.2, 0.25) is 5.91 Å². The van der Waals surface area contributed by atoms with Crippen molar-refractivity contribution in [2.75, 3.05) is 26.7 Å². The fraction of sp³-hybridized carbons (Fsp3) is 0.433. The fourth-order valence-electron chi connectivity index (χ4n) is 5.09. The van der Waals surface area contributed by atoms with Crippen molar-refractivity contribution < 1.29 is 23.9 Å². The number of alkyl carbamates (subject to hydrolysis) is 1. The third kappa shape index (κ3) is 6.60. The van der Waals surface area contributed by atoms with Gasteiger partial charge in [-0.2, -0.15) is 10.4 Å². The van der Waals surface area contributed by atoms with Crippen LogP contribution >= 0.6 is 0 Å². The molecule has 0 bridgehead atoms.